The van der Waals surface area contributed by atoms with Crippen molar-refractivity contribution in [1.29, 1.82) is 0 Å². The summed E-state index contributed by atoms with van der Waals surface area (Å²) in [5.74, 6) is 0. The molecule has 3 heteroatoms. The Morgan fingerprint density at radius 3 is 1.10 bits per heavy atom. The van der Waals surface area contributed by atoms with Gasteiger partial charge in [-0.3, -0.25) is 0 Å². The molecule has 0 unspecified atom stereocenters. The molecular weight excluding hydrogens is 276 g/mol. The summed E-state index contributed by atoms with van der Waals surface area (Å²) in [6.07, 6.45) is 0. The lowest BCUT2D eigenvalue weighted by molar-refractivity contribution is 0.448. The summed E-state index contributed by atoms with van der Waals surface area (Å²) in [7, 11) is -1.58. The molecule has 0 spiro atoms. The Kier molecular flexibility index (Phi) is 5.91. The van der Waals surface area contributed by atoms with Gasteiger partial charge in [0.2, 0.25) is 0 Å². The highest BCUT2D eigenvalue weighted by molar-refractivity contribution is 6.13. The second-order valence-corrected chi connectivity index (χ2v) is 4.70. The lowest BCUT2D eigenvalue weighted by Crippen LogP contribution is -1.83. The molecule has 3 aromatic carbocycles. The van der Waals surface area contributed by atoms with Crippen LogP contribution in [0.15, 0.2) is 84.9 Å². The van der Waals surface area contributed by atoms with Gasteiger partial charge in [-0.05, 0) is 22.3 Å². The first kappa shape index (κ1) is 15.2. The third-order valence-electron chi connectivity index (χ3n) is 3.10. The summed E-state index contributed by atoms with van der Waals surface area (Å²) in [5.41, 5.74) is 5.09. The Labute approximate surface area is 127 Å². The molecule has 106 valence electrons. The third-order valence-corrected chi connectivity index (χ3v) is 3.10. The van der Waals surface area contributed by atoms with Crippen molar-refractivity contribution >= 4 is 10.0 Å². The topological polar surface area (TPSA) is 40.5 Å². The average Bonchev–Trinajstić information content (AvgIpc) is 2.57. The zero-order valence-electron chi connectivity index (χ0n) is 11.7. The molecular formula is C18H18O2Si. The Bertz CT molecular complexity index is 596. The van der Waals surface area contributed by atoms with Gasteiger partial charge in [-0.1, -0.05) is 84.9 Å². The summed E-state index contributed by atoms with van der Waals surface area (Å²) in [5, 5.41) is 0. The van der Waals surface area contributed by atoms with Gasteiger partial charge in [0.1, 0.15) is 0 Å². The van der Waals surface area contributed by atoms with E-state index in [1.54, 1.807) is 0 Å². The van der Waals surface area contributed by atoms with Crippen molar-refractivity contribution in [3.8, 4) is 22.3 Å². The van der Waals surface area contributed by atoms with Crippen LogP contribution < -0.4 is 0 Å². The molecule has 0 aromatic heterocycles. The molecule has 0 aliphatic carbocycles. The van der Waals surface area contributed by atoms with Crippen LogP contribution in [-0.4, -0.2) is 19.6 Å². The summed E-state index contributed by atoms with van der Waals surface area (Å²) in [4.78, 5) is 14.5. The molecule has 0 bridgehead atoms. The fourth-order valence-electron chi connectivity index (χ4n) is 2.22. The summed E-state index contributed by atoms with van der Waals surface area (Å²) >= 11 is 0. The van der Waals surface area contributed by atoms with Crippen molar-refractivity contribution in [1.82, 2.24) is 0 Å². The molecule has 0 radical (unpaired) electrons. The number of rotatable bonds is 2. The zero-order valence-corrected chi connectivity index (χ0v) is 13.1. The van der Waals surface area contributed by atoms with Gasteiger partial charge in [-0.25, -0.2) is 0 Å². The van der Waals surface area contributed by atoms with Crippen LogP contribution in [0.5, 0.6) is 0 Å². The second-order valence-electron chi connectivity index (χ2n) is 4.42. The van der Waals surface area contributed by atoms with Crippen molar-refractivity contribution in [2.45, 2.75) is 0 Å². The summed E-state index contributed by atoms with van der Waals surface area (Å²) in [6, 6.07) is 29.6. The predicted octanol–water partition coefficient (Wildman–Crippen LogP) is 2.99. The number of benzene rings is 3. The van der Waals surface area contributed by atoms with E-state index in [-0.39, 0.29) is 0 Å². The molecule has 0 saturated heterocycles. The van der Waals surface area contributed by atoms with Gasteiger partial charge in [0.05, 0.1) is 0 Å². The third kappa shape index (κ3) is 4.13. The van der Waals surface area contributed by atoms with E-state index in [9.17, 15) is 0 Å². The molecule has 0 aliphatic rings. The quantitative estimate of drug-likeness (QED) is 0.713. The van der Waals surface area contributed by atoms with E-state index >= 15 is 0 Å². The van der Waals surface area contributed by atoms with Crippen LogP contribution in [0.4, 0.5) is 0 Å². The molecule has 0 heterocycles. The zero-order chi connectivity index (χ0) is 14.9. The molecule has 0 atom stereocenters. The minimum atomic E-state index is -1.58. The predicted molar refractivity (Wildman–Crippen MR) is 90.3 cm³/mol. The van der Waals surface area contributed by atoms with Gasteiger partial charge in [0.15, 0.2) is 0 Å². The standard InChI is InChI=1S/C18H14.H4O2Si/c1-3-9-15(10-4-1)17-13-7-8-14-18(17)16-11-5-2-6-12-16;1-3-2/h1-14H;1-2H,3H2. The molecule has 0 amide bonds. The number of hydrogen-bond acceptors (Lipinski definition) is 2. The minimum Gasteiger partial charge on any atom is -0.415 e. The first-order valence-corrected chi connectivity index (χ1v) is 8.05. The van der Waals surface area contributed by atoms with Gasteiger partial charge in [0, 0.05) is 0 Å². The Morgan fingerprint density at radius 2 is 0.762 bits per heavy atom. The molecule has 2 nitrogen and oxygen atoms in total. The average molecular weight is 294 g/mol. The van der Waals surface area contributed by atoms with Gasteiger partial charge in [-0.15, -0.1) is 0 Å². The van der Waals surface area contributed by atoms with Gasteiger partial charge >= 0.3 is 0 Å². The molecule has 0 fully saturated rings. The Morgan fingerprint density at radius 1 is 0.476 bits per heavy atom. The Hall–Kier alpha value is -2.20. The molecule has 3 aromatic rings. The summed E-state index contributed by atoms with van der Waals surface area (Å²) in [6.45, 7) is 0. The molecule has 3 rings (SSSR count). The second kappa shape index (κ2) is 8.17. The highest BCUT2D eigenvalue weighted by Gasteiger charge is 2.05. The molecule has 0 saturated carbocycles. The van der Waals surface area contributed by atoms with E-state index in [1.165, 1.54) is 22.3 Å². The maximum atomic E-state index is 7.26. The molecule has 21 heavy (non-hydrogen) atoms. The minimum absolute atomic E-state index is 1.26. The van der Waals surface area contributed by atoms with Crippen molar-refractivity contribution < 1.29 is 9.59 Å². The van der Waals surface area contributed by atoms with Crippen molar-refractivity contribution in [3.63, 3.8) is 0 Å². The van der Waals surface area contributed by atoms with E-state index < -0.39 is 10.0 Å². The van der Waals surface area contributed by atoms with Gasteiger partial charge in [-0.2, -0.15) is 0 Å². The smallest absolute Gasteiger partial charge is 0.299 e. The van der Waals surface area contributed by atoms with Crippen molar-refractivity contribution in [3.05, 3.63) is 84.9 Å². The van der Waals surface area contributed by atoms with Crippen molar-refractivity contribution in [2.24, 2.45) is 0 Å². The van der Waals surface area contributed by atoms with E-state index in [2.05, 4.69) is 84.9 Å². The van der Waals surface area contributed by atoms with Gasteiger partial charge < -0.3 is 9.59 Å². The lowest BCUT2D eigenvalue weighted by atomic mass is 9.95. The van der Waals surface area contributed by atoms with Crippen LogP contribution in [-0.2, 0) is 0 Å². The monoisotopic (exact) mass is 294 g/mol. The first-order chi connectivity index (χ1) is 10.4. The fourth-order valence-corrected chi connectivity index (χ4v) is 2.22. The molecule has 0 aliphatic heterocycles. The van der Waals surface area contributed by atoms with Crippen molar-refractivity contribution in [2.75, 3.05) is 0 Å². The fraction of sp³-hybridized carbons (Fsp3) is 0. The normalized spacial score (nSPS) is 9.62. The van der Waals surface area contributed by atoms with E-state index in [0.29, 0.717) is 0 Å². The maximum absolute atomic E-state index is 7.26. The van der Waals surface area contributed by atoms with E-state index in [4.69, 9.17) is 9.59 Å². The SMILES string of the molecule is O[SiH2]O.c1ccc(-c2ccccc2-c2ccccc2)cc1. The van der Waals surface area contributed by atoms with Crippen LogP contribution in [0.1, 0.15) is 0 Å². The Balaban J connectivity index is 0.000000497. The highest BCUT2D eigenvalue weighted by atomic mass is 28.2. The van der Waals surface area contributed by atoms with E-state index in [0.717, 1.165) is 0 Å². The largest absolute Gasteiger partial charge is 0.415 e. The van der Waals surface area contributed by atoms with Crippen LogP contribution in [0.3, 0.4) is 0 Å². The van der Waals surface area contributed by atoms with Gasteiger partial charge in [0.25, 0.3) is 10.0 Å². The lowest BCUT2D eigenvalue weighted by Gasteiger charge is -2.09. The van der Waals surface area contributed by atoms with Crippen LogP contribution in [0, 0.1) is 0 Å². The van der Waals surface area contributed by atoms with Crippen LogP contribution >= 0.6 is 0 Å². The van der Waals surface area contributed by atoms with Crippen LogP contribution in [0.2, 0.25) is 0 Å². The maximum Gasteiger partial charge on any atom is 0.299 e. The van der Waals surface area contributed by atoms with Crippen LogP contribution in [0.25, 0.3) is 22.3 Å². The molecule has 2 N–H and O–H groups in total. The number of hydrogen-bond donors (Lipinski definition) is 2. The summed E-state index contributed by atoms with van der Waals surface area (Å²) < 4.78 is 0. The highest BCUT2D eigenvalue weighted by Crippen LogP contribution is 2.31. The van der Waals surface area contributed by atoms with E-state index in [1.807, 2.05) is 0 Å². The first-order valence-electron chi connectivity index (χ1n) is 6.78.